The van der Waals surface area contributed by atoms with Crippen molar-refractivity contribution in [3.8, 4) is 11.6 Å². The standard InChI is InChI=1S/C21H13F6N5O/c22-13-3-4-14(23)19-18(13)20(32-10-31-19)28-6-5-11-1-2-12(7-15(11)24)33-17-8-16(21(25,26)27)29-9-30-17/h1-4,7-10H,5-6H2,(H,28,31,32). The monoisotopic (exact) mass is 465 g/mol. The van der Waals surface area contributed by atoms with E-state index in [4.69, 9.17) is 4.74 Å². The van der Waals surface area contributed by atoms with Crippen molar-refractivity contribution in [1.29, 1.82) is 0 Å². The molecule has 170 valence electrons. The van der Waals surface area contributed by atoms with Crippen LogP contribution >= 0.6 is 0 Å². The topological polar surface area (TPSA) is 72.8 Å². The average molecular weight is 465 g/mol. The van der Waals surface area contributed by atoms with Gasteiger partial charge in [-0.3, -0.25) is 0 Å². The van der Waals surface area contributed by atoms with Crippen molar-refractivity contribution < 1.29 is 31.1 Å². The molecule has 0 bridgehead atoms. The second-order valence-electron chi connectivity index (χ2n) is 6.75. The molecule has 0 fully saturated rings. The lowest BCUT2D eigenvalue weighted by Crippen LogP contribution is -2.09. The van der Waals surface area contributed by atoms with Gasteiger partial charge in [-0.25, -0.2) is 33.1 Å². The van der Waals surface area contributed by atoms with E-state index < -0.39 is 35.2 Å². The van der Waals surface area contributed by atoms with Crippen LogP contribution in [0, 0.1) is 17.5 Å². The molecule has 0 aliphatic carbocycles. The first-order chi connectivity index (χ1) is 15.7. The summed E-state index contributed by atoms with van der Waals surface area (Å²) in [5, 5.41) is 2.71. The molecule has 2 aromatic heterocycles. The maximum atomic E-state index is 14.5. The summed E-state index contributed by atoms with van der Waals surface area (Å²) in [6.45, 7) is 0.125. The number of nitrogens with zero attached hydrogens (tertiary/aromatic N) is 4. The first-order valence-electron chi connectivity index (χ1n) is 9.40. The fraction of sp³-hybridized carbons (Fsp3) is 0.143. The molecule has 2 aromatic carbocycles. The minimum Gasteiger partial charge on any atom is -0.439 e. The van der Waals surface area contributed by atoms with E-state index in [2.05, 4.69) is 25.3 Å². The molecule has 0 aliphatic rings. The van der Waals surface area contributed by atoms with E-state index in [-0.39, 0.29) is 41.0 Å². The smallest absolute Gasteiger partial charge is 0.433 e. The number of benzene rings is 2. The molecular weight excluding hydrogens is 452 g/mol. The summed E-state index contributed by atoms with van der Waals surface area (Å²) in [7, 11) is 0. The summed E-state index contributed by atoms with van der Waals surface area (Å²) < 4.78 is 85.8. The minimum absolute atomic E-state index is 0.0570. The second kappa shape index (κ2) is 8.88. The van der Waals surface area contributed by atoms with Gasteiger partial charge in [0.25, 0.3) is 0 Å². The molecule has 1 N–H and O–H groups in total. The van der Waals surface area contributed by atoms with Gasteiger partial charge in [-0.1, -0.05) is 6.07 Å². The van der Waals surface area contributed by atoms with E-state index >= 15 is 0 Å². The summed E-state index contributed by atoms with van der Waals surface area (Å²) in [6.07, 6.45) is -2.76. The third-order valence-electron chi connectivity index (χ3n) is 4.55. The van der Waals surface area contributed by atoms with Crippen molar-refractivity contribution in [3.05, 3.63) is 77.8 Å². The van der Waals surface area contributed by atoms with Crippen LogP contribution in [0.5, 0.6) is 11.6 Å². The lowest BCUT2D eigenvalue weighted by Gasteiger charge is -2.11. The molecule has 0 radical (unpaired) electrons. The van der Waals surface area contributed by atoms with Gasteiger partial charge in [0.05, 0.1) is 5.39 Å². The van der Waals surface area contributed by atoms with Crippen LogP contribution in [0.2, 0.25) is 0 Å². The Morgan fingerprint density at radius 3 is 2.33 bits per heavy atom. The Bertz CT molecular complexity index is 1310. The normalized spacial score (nSPS) is 11.6. The van der Waals surface area contributed by atoms with E-state index in [0.717, 1.165) is 24.5 Å². The van der Waals surface area contributed by atoms with Gasteiger partial charge in [-0.15, -0.1) is 0 Å². The molecule has 33 heavy (non-hydrogen) atoms. The lowest BCUT2D eigenvalue weighted by atomic mass is 10.1. The summed E-state index contributed by atoms with van der Waals surface area (Å²) >= 11 is 0. The van der Waals surface area contributed by atoms with Gasteiger partial charge in [-0.05, 0) is 30.2 Å². The van der Waals surface area contributed by atoms with Gasteiger partial charge >= 0.3 is 6.18 Å². The molecule has 4 aromatic rings. The molecule has 6 nitrogen and oxygen atoms in total. The van der Waals surface area contributed by atoms with Crippen molar-refractivity contribution in [1.82, 2.24) is 19.9 Å². The quantitative estimate of drug-likeness (QED) is 0.390. The highest BCUT2D eigenvalue weighted by Gasteiger charge is 2.33. The summed E-state index contributed by atoms with van der Waals surface area (Å²) in [5.74, 6) is -2.48. The number of halogens is 6. The average Bonchev–Trinajstić information content (AvgIpc) is 2.77. The fourth-order valence-corrected chi connectivity index (χ4v) is 3.02. The van der Waals surface area contributed by atoms with Crippen molar-refractivity contribution in [2.45, 2.75) is 12.6 Å². The van der Waals surface area contributed by atoms with Crippen molar-refractivity contribution in [3.63, 3.8) is 0 Å². The predicted octanol–water partition coefficient (Wildman–Crippen LogP) is 5.30. The van der Waals surface area contributed by atoms with Crippen LogP contribution in [0.1, 0.15) is 11.3 Å². The maximum absolute atomic E-state index is 14.5. The Balaban J connectivity index is 1.44. The van der Waals surface area contributed by atoms with E-state index in [1.165, 1.54) is 12.1 Å². The number of anilines is 1. The molecule has 0 unspecified atom stereocenters. The molecule has 0 saturated heterocycles. The van der Waals surface area contributed by atoms with Gasteiger partial charge in [0.1, 0.15) is 47.2 Å². The number of hydrogen-bond acceptors (Lipinski definition) is 6. The molecule has 0 saturated carbocycles. The zero-order valence-electron chi connectivity index (χ0n) is 16.5. The first kappa shape index (κ1) is 22.2. The molecule has 0 spiro atoms. The molecule has 12 heteroatoms. The van der Waals surface area contributed by atoms with E-state index in [9.17, 15) is 26.3 Å². The van der Waals surface area contributed by atoms with Crippen molar-refractivity contribution in [2.75, 3.05) is 11.9 Å². The number of alkyl halides is 3. The minimum atomic E-state index is -4.67. The van der Waals surface area contributed by atoms with Crippen molar-refractivity contribution >= 4 is 16.7 Å². The first-order valence-corrected chi connectivity index (χ1v) is 9.40. The van der Waals surface area contributed by atoms with E-state index in [1.807, 2.05) is 0 Å². The Morgan fingerprint density at radius 2 is 1.58 bits per heavy atom. The second-order valence-corrected chi connectivity index (χ2v) is 6.75. The zero-order chi connectivity index (χ0) is 23.6. The van der Waals surface area contributed by atoms with Gasteiger partial charge in [0.2, 0.25) is 5.88 Å². The molecule has 0 atom stereocenters. The summed E-state index contributed by atoms with van der Waals surface area (Å²) in [4.78, 5) is 14.4. The van der Waals surface area contributed by atoms with Gasteiger partial charge in [0.15, 0.2) is 5.69 Å². The summed E-state index contributed by atoms with van der Waals surface area (Å²) in [5.41, 5.74) is -1.12. The Morgan fingerprint density at radius 1 is 0.818 bits per heavy atom. The zero-order valence-corrected chi connectivity index (χ0v) is 16.5. The summed E-state index contributed by atoms with van der Waals surface area (Å²) in [6, 6.07) is 6.27. The van der Waals surface area contributed by atoms with Crippen molar-refractivity contribution in [2.24, 2.45) is 0 Å². The van der Waals surface area contributed by atoms with E-state index in [1.54, 1.807) is 0 Å². The SMILES string of the molecule is Fc1cc(Oc2cc(C(F)(F)F)ncn2)ccc1CCNc1ncnc2c(F)ccc(F)c12. The number of fused-ring (bicyclic) bond motifs is 1. The number of hydrogen-bond donors (Lipinski definition) is 1. The molecular formula is C21H13F6N5O. The Kier molecular flexibility index (Phi) is 5.99. The highest BCUT2D eigenvalue weighted by molar-refractivity contribution is 5.89. The van der Waals surface area contributed by atoms with Crippen LogP contribution in [0.4, 0.5) is 32.2 Å². The molecule has 4 rings (SSSR count). The van der Waals surface area contributed by atoms with Crippen LogP contribution < -0.4 is 10.1 Å². The molecule has 0 aliphatic heterocycles. The fourth-order valence-electron chi connectivity index (χ4n) is 3.02. The Labute approximate surface area is 182 Å². The number of aromatic nitrogens is 4. The number of nitrogens with one attached hydrogen (secondary N) is 1. The largest absolute Gasteiger partial charge is 0.439 e. The Hall–Kier alpha value is -3.96. The van der Waals surface area contributed by atoms with E-state index in [0.29, 0.717) is 12.4 Å². The molecule has 0 amide bonds. The number of rotatable bonds is 6. The van der Waals surface area contributed by atoms with Crippen LogP contribution in [-0.2, 0) is 12.6 Å². The third kappa shape index (κ3) is 4.94. The predicted molar refractivity (Wildman–Crippen MR) is 105 cm³/mol. The van der Waals surface area contributed by atoms with Gasteiger partial charge in [-0.2, -0.15) is 13.2 Å². The van der Waals surface area contributed by atoms with Gasteiger partial charge < -0.3 is 10.1 Å². The third-order valence-corrected chi connectivity index (χ3v) is 4.55. The van der Waals surface area contributed by atoms with Crippen LogP contribution in [0.25, 0.3) is 10.9 Å². The van der Waals surface area contributed by atoms with Crippen LogP contribution in [-0.4, -0.2) is 26.5 Å². The number of ether oxygens (including phenoxy) is 1. The molecule has 2 heterocycles. The van der Waals surface area contributed by atoms with Gasteiger partial charge in [0, 0.05) is 18.7 Å². The van der Waals surface area contributed by atoms with Crippen LogP contribution in [0.15, 0.2) is 49.1 Å². The lowest BCUT2D eigenvalue weighted by molar-refractivity contribution is -0.141. The van der Waals surface area contributed by atoms with Crippen LogP contribution in [0.3, 0.4) is 0 Å². The highest BCUT2D eigenvalue weighted by Crippen LogP contribution is 2.30. The maximum Gasteiger partial charge on any atom is 0.433 e. The highest BCUT2D eigenvalue weighted by atomic mass is 19.4.